The molecule has 0 aliphatic rings. The summed E-state index contributed by atoms with van der Waals surface area (Å²) in [4.78, 5) is 36.4. The van der Waals surface area contributed by atoms with Gasteiger partial charge in [-0.3, -0.25) is 9.59 Å². The molecule has 5 aromatic rings. The van der Waals surface area contributed by atoms with E-state index in [0.29, 0.717) is 52.0 Å². The SMILES string of the molecule is COc1ccc(Cn2ncc3cc(C(=O)Nc4cccc(-c5nc(C)cc(=O)[nH]5)c4)cnc32)c(OC)c1. The zero-order valence-corrected chi connectivity index (χ0v) is 20.5. The number of pyridine rings is 1. The molecule has 0 saturated carbocycles. The van der Waals surface area contributed by atoms with E-state index in [1.807, 2.05) is 24.3 Å². The summed E-state index contributed by atoms with van der Waals surface area (Å²) in [6, 6.07) is 15.9. The molecular weight excluding hydrogens is 472 g/mol. The minimum Gasteiger partial charge on any atom is -0.497 e. The molecule has 0 spiro atoms. The molecule has 10 heteroatoms. The number of H-pyrrole nitrogens is 1. The van der Waals surface area contributed by atoms with Gasteiger partial charge in [-0.05, 0) is 37.3 Å². The first kappa shape index (κ1) is 23.7. The zero-order valence-electron chi connectivity index (χ0n) is 20.5. The average Bonchev–Trinajstić information content (AvgIpc) is 3.30. The second-order valence-corrected chi connectivity index (χ2v) is 8.39. The molecule has 1 amide bonds. The Morgan fingerprint density at radius 3 is 2.70 bits per heavy atom. The highest BCUT2D eigenvalue weighted by Crippen LogP contribution is 2.26. The lowest BCUT2D eigenvalue weighted by atomic mass is 10.1. The molecular formula is C27H24N6O4. The number of anilines is 1. The van der Waals surface area contributed by atoms with Gasteiger partial charge in [0.05, 0.1) is 32.5 Å². The summed E-state index contributed by atoms with van der Waals surface area (Å²) in [5.74, 6) is 1.51. The van der Waals surface area contributed by atoms with E-state index in [2.05, 4.69) is 25.4 Å². The smallest absolute Gasteiger partial charge is 0.257 e. The van der Waals surface area contributed by atoms with Crippen LogP contribution in [0.3, 0.4) is 0 Å². The third-order valence-corrected chi connectivity index (χ3v) is 5.82. The van der Waals surface area contributed by atoms with E-state index in [4.69, 9.17) is 9.47 Å². The molecule has 3 heterocycles. The standard InChI is InChI=1S/C27H24N6O4/c1-16-9-24(34)32-25(30-16)17-5-4-6-21(11-17)31-27(35)20-10-19-14-29-33(26(19)28-13-20)15-18-7-8-22(36-2)12-23(18)37-3/h4-14H,15H2,1-3H3,(H,31,35)(H,30,32,34). The van der Waals surface area contributed by atoms with Crippen molar-refractivity contribution in [2.75, 3.05) is 19.5 Å². The molecule has 0 bridgehead atoms. The van der Waals surface area contributed by atoms with E-state index < -0.39 is 0 Å². The van der Waals surface area contributed by atoms with Crippen LogP contribution in [0, 0.1) is 6.92 Å². The third kappa shape index (κ3) is 5.03. The van der Waals surface area contributed by atoms with Gasteiger partial charge < -0.3 is 19.8 Å². The Labute approximate surface area is 211 Å². The number of nitrogens with zero attached hydrogens (tertiary/aromatic N) is 4. The number of hydrogen-bond acceptors (Lipinski definition) is 7. The van der Waals surface area contributed by atoms with Gasteiger partial charge in [-0.1, -0.05) is 12.1 Å². The van der Waals surface area contributed by atoms with E-state index in [9.17, 15) is 9.59 Å². The molecule has 2 aromatic carbocycles. The summed E-state index contributed by atoms with van der Waals surface area (Å²) in [5.41, 5.74) is 3.58. The van der Waals surface area contributed by atoms with Gasteiger partial charge in [0.1, 0.15) is 17.3 Å². The van der Waals surface area contributed by atoms with E-state index in [1.165, 1.54) is 12.3 Å². The maximum atomic E-state index is 13.0. The number of carbonyl (C=O) groups excluding carboxylic acids is 1. The number of fused-ring (bicyclic) bond motifs is 1. The number of ether oxygens (including phenoxy) is 2. The Balaban J connectivity index is 1.36. The molecule has 0 radical (unpaired) electrons. The van der Waals surface area contributed by atoms with Crippen molar-refractivity contribution in [3.8, 4) is 22.9 Å². The summed E-state index contributed by atoms with van der Waals surface area (Å²) in [6.07, 6.45) is 3.19. The minimum absolute atomic E-state index is 0.234. The number of carbonyl (C=O) groups is 1. The van der Waals surface area contributed by atoms with Crippen LogP contribution in [0.4, 0.5) is 5.69 Å². The Morgan fingerprint density at radius 1 is 1.05 bits per heavy atom. The van der Waals surface area contributed by atoms with E-state index >= 15 is 0 Å². The highest BCUT2D eigenvalue weighted by Gasteiger charge is 2.14. The summed E-state index contributed by atoms with van der Waals surface area (Å²) in [5, 5.41) is 8.06. The van der Waals surface area contributed by atoms with Gasteiger partial charge in [0.2, 0.25) is 0 Å². The van der Waals surface area contributed by atoms with Gasteiger partial charge >= 0.3 is 0 Å². The van der Waals surface area contributed by atoms with Crippen LogP contribution in [0.1, 0.15) is 21.6 Å². The first-order valence-corrected chi connectivity index (χ1v) is 11.5. The Kier molecular flexibility index (Phi) is 6.38. The number of nitrogens with one attached hydrogen (secondary N) is 2. The Hall–Kier alpha value is -4.99. The van der Waals surface area contributed by atoms with Crippen molar-refractivity contribution >= 4 is 22.6 Å². The Morgan fingerprint density at radius 2 is 1.92 bits per heavy atom. The van der Waals surface area contributed by atoms with Crippen LogP contribution >= 0.6 is 0 Å². The van der Waals surface area contributed by atoms with Crippen LogP contribution in [0.15, 0.2) is 71.8 Å². The molecule has 5 rings (SSSR count). The van der Waals surface area contributed by atoms with Gasteiger partial charge in [-0.15, -0.1) is 0 Å². The second kappa shape index (κ2) is 9.94. The molecule has 0 aliphatic carbocycles. The average molecular weight is 497 g/mol. The molecule has 0 fully saturated rings. The fourth-order valence-corrected chi connectivity index (χ4v) is 4.02. The number of aryl methyl sites for hydroxylation is 1. The number of amides is 1. The first-order valence-electron chi connectivity index (χ1n) is 11.5. The van der Waals surface area contributed by atoms with Crippen molar-refractivity contribution in [2.24, 2.45) is 0 Å². The number of benzene rings is 2. The number of methoxy groups -OCH3 is 2. The van der Waals surface area contributed by atoms with Crippen molar-refractivity contribution in [3.63, 3.8) is 0 Å². The van der Waals surface area contributed by atoms with Crippen molar-refractivity contribution in [1.82, 2.24) is 24.7 Å². The van der Waals surface area contributed by atoms with Crippen molar-refractivity contribution in [2.45, 2.75) is 13.5 Å². The maximum Gasteiger partial charge on any atom is 0.257 e. The van der Waals surface area contributed by atoms with Crippen LogP contribution in [0.2, 0.25) is 0 Å². The summed E-state index contributed by atoms with van der Waals surface area (Å²) < 4.78 is 12.5. The topological polar surface area (TPSA) is 124 Å². The highest BCUT2D eigenvalue weighted by molar-refractivity contribution is 6.05. The van der Waals surface area contributed by atoms with Gasteiger partial charge in [0.25, 0.3) is 11.5 Å². The predicted octanol–water partition coefficient (Wildman–Crippen LogP) is 3.81. The number of hydrogen-bond donors (Lipinski definition) is 2. The maximum absolute atomic E-state index is 13.0. The summed E-state index contributed by atoms with van der Waals surface area (Å²) >= 11 is 0. The van der Waals surface area contributed by atoms with Crippen LogP contribution in [0.25, 0.3) is 22.4 Å². The molecule has 3 aromatic heterocycles. The highest BCUT2D eigenvalue weighted by atomic mass is 16.5. The quantitative estimate of drug-likeness (QED) is 0.351. The van der Waals surface area contributed by atoms with E-state index in [1.54, 1.807) is 56.3 Å². The summed E-state index contributed by atoms with van der Waals surface area (Å²) in [7, 11) is 3.21. The Bertz CT molecular complexity index is 1670. The lowest BCUT2D eigenvalue weighted by molar-refractivity contribution is 0.102. The monoisotopic (exact) mass is 496 g/mol. The number of aromatic nitrogens is 5. The minimum atomic E-state index is -0.318. The van der Waals surface area contributed by atoms with Gasteiger partial charge in [0, 0.05) is 46.2 Å². The molecule has 0 unspecified atom stereocenters. The van der Waals surface area contributed by atoms with Crippen LogP contribution in [0.5, 0.6) is 11.5 Å². The summed E-state index contributed by atoms with van der Waals surface area (Å²) in [6.45, 7) is 2.19. The molecule has 186 valence electrons. The van der Waals surface area contributed by atoms with E-state index in [0.717, 1.165) is 10.9 Å². The van der Waals surface area contributed by atoms with Crippen molar-refractivity contribution in [3.05, 3.63) is 94.2 Å². The molecule has 0 saturated heterocycles. The van der Waals surface area contributed by atoms with Crippen molar-refractivity contribution < 1.29 is 14.3 Å². The fourth-order valence-electron chi connectivity index (χ4n) is 4.02. The van der Waals surface area contributed by atoms with E-state index in [-0.39, 0.29) is 11.5 Å². The largest absolute Gasteiger partial charge is 0.497 e. The van der Waals surface area contributed by atoms with Crippen LogP contribution in [-0.4, -0.2) is 44.9 Å². The zero-order chi connectivity index (χ0) is 25.9. The number of rotatable bonds is 7. The number of aromatic amines is 1. The fraction of sp³-hybridized carbons (Fsp3) is 0.148. The molecule has 10 nitrogen and oxygen atoms in total. The van der Waals surface area contributed by atoms with Gasteiger partial charge in [0.15, 0.2) is 5.65 Å². The predicted molar refractivity (Wildman–Crippen MR) is 139 cm³/mol. The third-order valence-electron chi connectivity index (χ3n) is 5.82. The molecule has 0 aliphatic heterocycles. The first-order chi connectivity index (χ1) is 17.9. The molecule has 37 heavy (non-hydrogen) atoms. The van der Waals surface area contributed by atoms with Gasteiger partial charge in [-0.25, -0.2) is 14.6 Å². The molecule has 2 N–H and O–H groups in total. The normalized spacial score (nSPS) is 10.9. The molecule has 0 atom stereocenters. The van der Waals surface area contributed by atoms with Crippen LogP contribution < -0.4 is 20.3 Å². The lowest BCUT2D eigenvalue weighted by Gasteiger charge is -2.11. The van der Waals surface area contributed by atoms with Crippen LogP contribution in [-0.2, 0) is 6.54 Å². The second-order valence-electron chi connectivity index (χ2n) is 8.39. The lowest BCUT2D eigenvalue weighted by Crippen LogP contribution is -2.13. The van der Waals surface area contributed by atoms with Crippen molar-refractivity contribution in [1.29, 1.82) is 0 Å². The van der Waals surface area contributed by atoms with Gasteiger partial charge in [-0.2, -0.15) is 5.10 Å².